The Morgan fingerprint density at radius 2 is 2.00 bits per heavy atom. The van der Waals surface area contributed by atoms with E-state index in [4.69, 9.17) is 4.74 Å². The summed E-state index contributed by atoms with van der Waals surface area (Å²) in [6.07, 6.45) is 0.586. The summed E-state index contributed by atoms with van der Waals surface area (Å²) in [5.74, 6) is -0.0110. The van der Waals surface area contributed by atoms with Gasteiger partial charge in [0.15, 0.2) is 9.84 Å². The molecular formula is C11H19NO5S. The van der Waals surface area contributed by atoms with E-state index in [1.165, 1.54) is 0 Å². The van der Waals surface area contributed by atoms with Crippen molar-refractivity contribution < 1.29 is 22.7 Å². The Morgan fingerprint density at radius 1 is 1.39 bits per heavy atom. The topological polar surface area (TPSA) is 89.5 Å². The van der Waals surface area contributed by atoms with Crippen LogP contribution in [0.5, 0.6) is 0 Å². The largest absolute Gasteiger partial charge is 0.444 e. The quantitative estimate of drug-likeness (QED) is 0.749. The van der Waals surface area contributed by atoms with Crippen molar-refractivity contribution >= 4 is 22.2 Å². The highest BCUT2D eigenvalue weighted by molar-refractivity contribution is 7.92. The van der Waals surface area contributed by atoms with Crippen molar-refractivity contribution in [1.29, 1.82) is 0 Å². The Labute approximate surface area is 107 Å². The van der Waals surface area contributed by atoms with Crippen molar-refractivity contribution in [3.8, 4) is 0 Å². The SMILES string of the molecule is CC(C)(C)OC(=O)NC1CCCS(=O)(=O)C1C=O. The molecule has 2 unspecified atom stereocenters. The second kappa shape index (κ2) is 5.26. The van der Waals surface area contributed by atoms with Crippen LogP contribution in [0.25, 0.3) is 0 Å². The van der Waals surface area contributed by atoms with Gasteiger partial charge in [0, 0.05) is 0 Å². The number of rotatable bonds is 2. The zero-order valence-electron chi connectivity index (χ0n) is 10.8. The standard InChI is InChI=1S/C11H19NO5S/c1-11(2,3)17-10(14)12-8-5-4-6-18(15,16)9(8)7-13/h7-9H,4-6H2,1-3H3,(H,12,14). The first-order valence-electron chi connectivity index (χ1n) is 5.82. The maximum Gasteiger partial charge on any atom is 0.407 e. The molecule has 1 N–H and O–H groups in total. The first-order chi connectivity index (χ1) is 8.15. The fourth-order valence-electron chi connectivity index (χ4n) is 1.85. The maximum atomic E-state index is 11.7. The van der Waals surface area contributed by atoms with Gasteiger partial charge in [-0.05, 0) is 33.6 Å². The van der Waals surface area contributed by atoms with E-state index < -0.39 is 32.8 Å². The molecule has 0 saturated carbocycles. The monoisotopic (exact) mass is 277 g/mol. The van der Waals surface area contributed by atoms with Crippen LogP contribution in [0.3, 0.4) is 0 Å². The van der Waals surface area contributed by atoms with Crippen molar-refractivity contribution in [2.24, 2.45) is 0 Å². The van der Waals surface area contributed by atoms with Gasteiger partial charge in [0.2, 0.25) is 0 Å². The highest BCUT2D eigenvalue weighted by Gasteiger charge is 2.38. The van der Waals surface area contributed by atoms with Crippen molar-refractivity contribution in [3.05, 3.63) is 0 Å². The minimum Gasteiger partial charge on any atom is -0.444 e. The second-order valence-corrected chi connectivity index (χ2v) is 7.64. The highest BCUT2D eigenvalue weighted by Crippen LogP contribution is 2.19. The Hall–Kier alpha value is -1.11. The number of carbonyl (C=O) groups excluding carboxylic acids is 2. The number of amides is 1. The molecule has 0 aliphatic carbocycles. The average molecular weight is 277 g/mol. The van der Waals surface area contributed by atoms with Gasteiger partial charge >= 0.3 is 6.09 Å². The second-order valence-electron chi connectivity index (χ2n) is 5.36. The summed E-state index contributed by atoms with van der Waals surface area (Å²) < 4.78 is 28.4. The molecule has 2 atom stereocenters. The maximum absolute atomic E-state index is 11.7. The van der Waals surface area contributed by atoms with E-state index >= 15 is 0 Å². The summed E-state index contributed by atoms with van der Waals surface area (Å²) in [6, 6.07) is -0.698. The van der Waals surface area contributed by atoms with Crippen LogP contribution in [0, 0.1) is 0 Å². The third kappa shape index (κ3) is 3.97. The van der Waals surface area contributed by atoms with Crippen LogP contribution in [-0.4, -0.2) is 43.4 Å². The Bertz CT molecular complexity index is 423. The molecule has 0 aromatic carbocycles. The summed E-state index contributed by atoms with van der Waals surface area (Å²) in [5.41, 5.74) is -0.658. The lowest BCUT2D eigenvalue weighted by Gasteiger charge is -2.29. The first-order valence-corrected chi connectivity index (χ1v) is 7.53. The Morgan fingerprint density at radius 3 is 2.50 bits per heavy atom. The minimum atomic E-state index is -3.45. The van der Waals surface area contributed by atoms with Crippen LogP contribution >= 0.6 is 0 Å². The van der Waals surface area contributed by atoms with Crippen LogP contribution in [0.2, 0.25) is 0 Å². The molecule has 1 rings (SSSR count). The third-order valence-corrected chi connectivity index (χ3v) is 4.72. The van der Waals surface area contributed by atoms with Crippen molar-refractivity contribution in [1.82, 2.24) is 5.32 Å². The van der Waals surface area contributed by atoms with E-state index in [0.29, 0.717) is 19.1 Å². The zero-order chi connectivity index (χ0) is 14.0. The molecule has 7 heteroatoms. The number of carbonyl (C=O) groups is 2. The van der Waals surface area contributed by atoms with E-state index in [-0.39, 0.29) is 5.75 Å². The summed E-state index contributed by atoms with van der Waals surface area (Å²) in [4.78, 5) is 22.4. The van der Waals surface area contributed by atoms with E-state index in [1.807, 2.05) is 0 Å². The molecule has 1 saturated heterocycles. The Kier molecular flexibility index (Phi) is 4.37. The van der Waals surface area contributed by atoms with E-state index in [9.17, 15) is 18.0 Å². The molecule has 1 heterocycles. The van der Waals surface area contributed by atoms with Gasteiger partial charge in [-0.25, -0.2) is 13.2 Å². The van der Waals surface area contributed by atoms with Gasteiger partial charge in [-0.1, -0.05) is 0 Å². The fraction of sp³-hybridized carbons (Fsp3) is 0.818. The van der Waals surface area contributed by atoms with E-state index in [2.05, 4.69) is 5.32 Å². The predicted octanol–water partition coefficient (Wildman–Crippen LogP) is 0.656. The Balaban J connectivity index is 2.71. The number of hydrogen-bond donors (Lipinski definition) is 1. The van der Waals surface area contributed by atoms with Gasteiger partial charge in [0.1, 0.15) is 17.1 Å². The van der Waals surface area contributed by atoms with E-state index in [1.54, 1.807) is 20.8 Å². The average Bonchev–Trinajstić information content (AvgIpc) is 2.13. The molecule has 104 valence electrons. The lowest BCUT2D eigenvalue weighted by atomic mass is 10.1. The number of aldehydes is 1. The molecule has 0 spiro atoms. The van der Waals surface area contributed by atoms with Crippen LogP contribution in [-0.2, 0) is 19.4 Å². The number of nitrogens with one attached hydrogen (secondary N) is 1. The molecule has 18 heavy (non-hydrogen) atoms. The number of sulfone groups is 1. The summed E-state index contributed by atoms with van der Waals surface area (Å²) in [5, 5.41) is 1.29. The lowest BCUT2D eigenvalue weighted by molar-refractivity contribution is -0.108. The number of hydrogen-bond acceptors (Lipinski definition) is 5. The van der Waals surface area contributed by atoms with Gasteiger partial charge in [-0.2, -0.15) is 0 Å². The minimum absolute atomic E-state index is 0.0110. The molecule has 1 amide bonds. The molecule has 0 bridgehead atoms. The fourth-order valence-corrected chi connectivity index (χ4v) is 3.56. The molecule has 0 aromatic heterocycles. The van der Waals surface area contributed by atoms with Gasteiger partial charge in [-0.3, -0.25) is 0 Å². The number of alkyl carbamates (subject to hydrolysis) is 1. The predicted molar refractivity (Wildman–Crippen MR) is 66.0 cm³/mol. The van der Waals surface area contributed by atoms with Gasteiger partial charge in [0.05, 0.1) is 11.8 Å². The molecule has 1 fully saturated rings. The summed E-state index contributed by atoms with van der Waals surface area (Å²) >= 11 is 0. The van der Waals surface area contributed by atoms with Crippen molar-refractivity contribution in [3.63, 3.8) is 0 Å². The van der Waals surface area contributed by atoms with Crippen LogP contribution in [0.15, 0.2) is 0 Å². The van der Waals surface area contributed by atoms with Crippen molar-refractivity contribution in [2.45, 2.75) is 50.5 Å². The highest BCUT2D eigenvalue weighted by atomic mass is 32.2. The van der Waals surface area contributed by atoms with Gasteiger partial charge in [-0.15, -0.1) is 0 Å². The molecule has 1 aliphatic heterocycles. The van der Waals surface area contributed by atoms with Gasteiger partial charge < -0.3 is 14.8 Å². The van der Waals surface area contributed by atoms with E-state index in [0.717, 1.165) is 0 Å². The van der Waals surface area contributed by atoms with Crippen LogP contribution in [0.4, 0.5) is 4.79 Å². The normalized spacial score (nSPS) is 27.3. The first kappa shape index (κ1) is 14.9. The molecular weight excluding hydrogens is 258 g/mol. The van der Waals surface area contributed by atoms with Crippen molar-refractivity contribution in [2.75, 3.05) is 5.75 Å². The molecule has 0 radical (unpaired) electrons. The zero-order valence-corrected chi connectivity index (χ0v) is 11.6. The van der Waals surface area contributed by atoms with Gasteiger partial charge in [0.25, 0.3) is 0 Å². The van der Waals surface area contributed by atoms with Crippen LogP contribution in [0.1, 0.15) is 33.6 Å². The molecule has 1 aliphatic rings. The number of ether oxygens (including phenoxy) is 1. The third-order valence-electron chi connectivity index (χ3n) is 2.59. The molecule has 6 nitrogen and oxygen atoms in total. The summed E-state index contributed by atoms with van der Waals surface area (Å²) in [6.45, 7) is 5.13. The van der Waals surface area contributed by atoms with Crippen LogP contribution < -0.4 is 5.32 Å². The summed E-state index contributed by atoms with van der Waals surface area (Å²) in [7, 11) is -3.45. The lowest BCUT2D eigenvalue weighted by Crippen LogP contribution is -2.52. The smallest absolute Gasteiger partial charge is 0.407 e. The molecule has 0 aromatic rings.